The fraction of sp³-hybridized carbons (Fsp3) is 0.917. The molecule has 0 spiro atoms. The minimum Gasteiger partial charge on any atom is -0.466 e. The summed E-state index contributed by atoms with van der Waals surface area (Å²) in [5.41, 5.74) is 0. The van der Waals surface area contributed by atoms with Crippen LogP contribution in [0, 0.1) is 11.8 Å². The molecule has 2 unspecified atom stereocenters. The van der Waals surface area contributed by atoms with Crippen molar-refractivity contribution in [2.75, 3.05) is 6.61 Å². The fourth-order valence-electron chi connectivity index (χ4n) is 1.67. The third-order valence-corrected chi connectivity index (χ3v) is 2.37. The van der Waals surface area contributed by atoms with Gasteiger partial charge in [-0.3, -0.25) is 4.79 Å². The molecule has 0 fully saturated rings. The largest absolute Gasteiger partial charge is 0.466 e. The lowest BCUT2D eigenvalue weighted by atomic mass is 9.91. The first kappa shape index (κ1) is 14.4. The highest BCUT2D eigenvalue weighted by molar-refractivity contribution is 5.73. The lowest BCUT2D eigenvalue weighted by Gasteiger charge is -2.22. The molecule has 0 aromatic carbocycles. The second-order valence-electron chi connectivity index (χ2n) is 4.34. The number of rotatable bonds is 7. The topological polar surface area (TPSA) is 46.5 Å². The highest BCUT2D eigenvalue weighted by atomic mass is 16.5. The van der Waals surface area contributed by atoms with Gasteiger partial charge in [-0.1, -0.05) is 27.2 Å². The van der Waals surface area contributed by atoms with Crippen LogP contribution >= 0.6 is 0 Å². The van der Waals surface area contributed by atoms with Crippen molar-refractivity contribution in [1.82, 2.24) is 0 Å². The van der Waals surface area contributed by atoms with Crippen LogP contribution in [-0.4, -0.2) is 23.8 Å². The number of hydrogen-bond donors (Lipinski definition) is 1. The number of aliphatic hydroxyl groups is 1. The number of hydrogen-bond acceptors (Lipinski definition) is 3. The normalized spacial score (nSPS) is 15.1. The van der Waals surface area contributed by atoms with Gasteiger partial charge in [-0.05, 0) is 25.7 Å². The highest BCUT2D eigenvalue weighted by Gasteiger charge is 2.27. The highest BCUT2D eigenvalue weighted by Crippen LogP contribution is 2.19. The summed E-state index contributed by atoms with van der Waals surface area (Å²) in [7, 11) is 0. The summed E-state index contributed by atoms with van der Waals surface area (Å²) in [6.07, 6.45) is 1.68. The number of carbonyl (C=O) groups excluding carboxylic acids is 1. The molecule has 1 N–H and O–H groups in total. The van der Waals surface area contributed by atoms with Gasteiger partial charge < -0.3 is 9.84 Å². The van der Waals surface area contributed by atoms with Crippen molar-refractivity contribution in [2.24, 2.45) is 11.8 Å². The second kappa shape index (κ2) is 7.69. The summed E-state index contributed by atoms with van der Waals surface area (Å²) in [6, 6.07) is 0. The average Bonchev–Trinajstić information content (AvgIpc) is 2.13. The molecule has 15 heavy (non-hydrogen) atoms. The Kier molecular flexibility index (Phi) is 7.39. The summed E-state index contributed by atoms with van der Waals surface area (Å²) in [4.78, 5) is 11.6. The Bertz CT molecular complexity index is 178. The molecule has 0 saturated heterocycles. The summed E-state index contributed by atoms with van der Waals surface area (Å²) in [6.45, 7) is 8.26. The summed E-state index contributed by atoms with van der Waals surface area (Å²) >= 11 is 0. The second-order valence-corrected chi connectivity index (χ2v) is 4.34. The molecule has 0 aliphatic carbocycles. The van der Waals surface area contributed by atoms with Crippen molar-refractivity contribution >= 4 is 5.97 Å². The van der Waals surface area contributed by atoms with E-state index < -0.39 is 6.10 Å². The lowest BCUT2D eigenvalue weighted by Crippen LogP contribution is -2.31. The van der Waals surface area contributed by atoms with E-state index in [1.165, 1.54) is 0 Å². The van der Waals surface area contributed by atoms with Gasteiger partial charge >= 0.3 is 5.97 Å². The molecule has 0 saturated carbocycles. The van der Waals surface area contributed by atoms with Gasteiger partial charge in [0.2, 0.25) is 0 Å². The maximum Gasteiger partial charge on any atom is 0.311 e. The van der Waals surface area contributed by atoms with Crippen LogP contribution in [0.3, 0.4) is 0 Å². The van der Waals surface area contributed by atoms with Crippen LogP contribution in [0.15, 0.2) is 0 Å². The molecule has 3 heteroatoms. The number of ether oxygens (including phenoxy) is 1. The molecule has 0 rings (SSSR count). The maximum atomic E-state index is 11.6. The molecule has 3 nitrogen and oxygen atoms in total. The lowest BCUT2D eigenvalue weighted by molar-refractivity contribution is -0.152. The van der Waals surface area contributed by atoms with E-state index >= 15 is 0 Å². The van der Waals surface area contributed by atoms with Gasteiger partial charge in [-0.25, -0.2) is 0 Å². The Labute approximate surface area is 92.8 Å². The van der Waals surface area contributed by atoms with Gasteiger partial charge in [0.15, 0.2) is 0 Å². The number of aliphatic hydroxyl groups excluding tert-OH is 1. The van der Waals surface area contributed by atoms with Gasteiger partial charge in [-0.15, -0.1) is 0 Å². The quantitative estimate of drug-likeness (QED) is 0.665. The summed E-state index contributed by atoms with van der Waals surface area (Å²) < 4.78 is 4.96. The van der Waals surface area contributed by atoms with Crippen LogP contribution in [0.4, 0.5) is 0 Å². The van der Waals surface area contributed by atoms with Crippen LogP contribution in [0.1, 0.15) is 47.0 Å². The van der Waals surface area contributed by atoms with Crippen molar-refractivity contribution in [3.05, 3.63) is 0 Å². The number of esters is 1. The predicted molar refractivity (Wildman–Crippen MR) is 60.5 cm³/mol. The predicted octanol–water partition coefficient (Wildman–Crippen LogP) is 2.37. The van der Waals surface area contributed by atoms with E-state index in [1.54, 1.807) is 6.92 Å². The Morgan fingerprint density at radius 3 is 2.33 bits per heavy atom. The van der Waals surface area contributed by atoms with Crippen LogP contribution in [-0.2, 0) is 9.53 Å². The van der Waals surface area contributed by atoms with Crippen molar-refractivity contribution in [1.29, 1.82) is 0 Å². The average molecular weight is 216 g/mol. The van der Waals surface area contributed by atoms with Gasteiger partial charge in [0.1, 0.15) is 0 Å². The van der Waals surface area contributed by atoms with E-state index in [-0.39, 0.29) is 11.9 Å². The molecule has 0 aliphatic heterocycles. The SMILES string of the molecule is CCCC(C(=O)OCC)C(O)CC(C)C. The molecule has 2 atom stereocenters. The van der Waals surface area contributed by atoms with Gasteiger partial charge in [0, 0.05) is 0 Å². The van der Waals surface area contributed by atoms with Gasteiger partial charge in [-0.2, -0.15) is 0 Å². The standard InChI is InChI=1S/C12H24O3/c1-5-7-10(12(14)15-6-2)11(13)8-9(3)4/h9-11,13H,5-8H2,1-4H3. The molecule has 0 amide bonds. The summed E-state index contributed by atoms with van der Waals surface area (Å²) in [5.74, 6) is -0.210. The molecule has 0 aliphatic rings. The molecule has 0 bridgehead atoms. The smallest absolute Gasteiger partial charge is 0.311 e. The zero-order valence-electron chi connectivity index (χ0n) is 10.3. The van der Waals surface area contributed by atoms with Gasteiger partial charge in [0.05, 0.1) is 18.6 Å². The van der Waals surface area contributed by atoms with Crippen molar-refractivity contribution < 1.29 is 14.6 Å². The Balaban J connectivity index is 4.29. The minimum atomic E-state index is -0.566. The van der Waals surface area contributed by atoms with Crippen LogP contribution in [0.2, 0.25) is 0 Å². The third kappa shape index (κ3) is 5.78. The molecule has 0 aromatic heterocycles. The van der Waals surface area contributed by atoms with E-state index in [0.717, 1.165) is 6.42 Å². The molecule has 0 aromatic rings. The van der Waals surface area contributed by atoms with E-state index in [0.29, 0.717) is 25.4 Å². The van der Waals surface area contributed by atoms with E-state index in [1.807, 2.05) is 20.8 Å². The minimum absolute atomic E-state index is 0.257. The molecule has 0 radical (unpaired) electrons. The molecule has 90 valence electrons. The molecular weight excluding hydrogens is 192 g/mol. The third-order valence-electron chi connectivity index (χ3n) is 2.37. The van der Waals surface area contributed by atoms with Crippen LogP contribution in [0.5, 0.6) is 0 Å². The van der Waals surface area contributed by atoms with E-state index in [9.17, 15) is 9.90 Å². The first-order chi connectivity index (χ1) is 7.02. The first-order valence-corrected chi connectivity index (χ1v) is 5.87. The Hall–Kier alpha value is -0.570. The maximum absolute atomic E-state index is 11.6. The van der Waals surface area contributed by atoms with Crippen molar-refractivity contribution in [3.8, 4) is 0 Å². The first-order valence-electron chi connectivity index (χ1n) is 5.87. The molecular formula is C12H24O3. The Morgan fingerprint density at radius 1 is 1.33 bits per heavy atom. The van der Waals surface area contributed by atoms with E-state index in [4.69, 9.17) is 4.74 Å². The van der Waals surface area contributed by atoms with Crippen molar-refractivity contribution in [2.45, 2.75) is 53.1 Å². The summed E-state index contributed by atoms with van der Waals surface area (Å²) in [5, 5.41) is 9.91. The monoisotopic (exact) mass is 216 g/mol. The Morgan fingerprint density at radius 2 is 1.93 bits per heavy atom. The van der Waals surface area contributed by atoms with Crippen LogP contribution in [0.25, 0.3) is 0 Å². The number of carbonyl (C=O) groups is 1. The molecule has 0 heterocycles. The van der Waals surface area contributed by atoms with Crippen molar-refractivity contribution in [3.63, 3.8) is 0 Å². The fourth-order valence-corrected chi connectivity index (χ4v) is 1.67. The zero-order chi connectivity index (χ0) is 11.8. The van der Waals surface area contributed by atoms with Gasteiger partial charge in [0.25, 0.3) is 0 Å². The van der Waals surface area contributed by atoms with E-state index in [2.05, 4.69) is 0 Å². The zero-order valence-corrected chi connectivity index (χ0v) is 10.3. The van der Waals surface area contributed by atoms with Crippen LogP contribution < -0.4 is 0 Å².